The highest BCUT2D eigenvalue weighted by Gasteiger charge is 2.40. The van der Waals surface area contributed by atoms with E-state index in [0.29, 0.717) is 31.5 Å². The SMILES string of the molecule is CC[C@H](C)[C@H](NC(=O)[C@H](CC(C)C)NC(=O)[C@@H]1CCCN1C(=O)[C@@H](N)C(C)C)C(=O)N[C@@H](CC(C)C)C(=O)N[C@@H](CC(=O)O)C(=O)N[C@@H](CCC(N)=O)C(=O)N[C@@H](Cc1c[nH]cn1)C(=O)O. The van der Waals surface area contributed by atoms with Gasteiger partial charge in [-0.3, -0.25) is 43.2 Å². The molecule has 1 saturated heterocycles. The van der Waals surface area contributed by atoms with E-state index >= 15 is 0 Å². The molecular weight excluding hydrogens is 863 g/mol. The molecule has 23 nitrogen and oxygen atoms in total. The zero-order chi connectivity index (χ0) is 50.0. The number of hydrogen-bond acceptors (Lipinski definition) is 12. The Bertz CT molecular complexity index is 1860. The summed E-state index contributed by atoms with van der Waals surface area (Å²) in [5.41, 5.74) is 11.7. The molecule has 66 heavy (non-hydrogen) atoms. The molecule has 2 rings (SSSR count). The Morgan fingerprint density at radius 1 is 0.758 bits per heavy atom. The molecule has 1 aromatic rings. The predicted molar refractivity (Wildman–Crippen MR) is 238 cm³/mol. The zero-order valence-electron chi connectivity index (χ0n) is 39.2. The van der Waals surface area contributed by atoms with E-state index < -0.39 is 127 Å². The number of imidazole rings is 1. The molecule has 1 aliphatic rings. The number of nitrogens with two attached hydrogens (primary N) is 2. The van der Waals surface area contributed by atoms with E-state index in [0.717, 1.165) is 0 Å². The smallest absolute Gasteiger partial charge is 0.326 e. The van der Waals surface area contributed by atoms with Gasteiger partial charge in [0.2, 0.25) is 47.3 Å². The second-order valence-corrected chi connectivity index (χ2v) is 18.1. The zero-order valence-corrected chi connectivity index (χ0v) is 39.2. The van der Waals surface area contributed by atoms with E-state index in [1.807, 2.05) is 13.8 Å². The van der Waals surface area contributed by atoms with Crippen molar-refractivity contribution in [3.8, 4) is 0 Å². The lowest BCUT2D eigenvalue weighted by molar-refractivity contribution is -0.143. The monoisotopic (exact) mass is 934 g/mol. The van der Waals surface area contributed by atoms with Crippen molar-refractivity contribution in [2.75, 3.05) is 6.54 Å². The molecule has 0 aliphatic carbocycles. The summed E-state index contributed by atoms with van der Waals surface area (Å²) in [6.45, 7) is 14.6. The first-order valence-corrected chi connectivity index (χ1v) is 22.4. The number of aromatic nitrogens is 2. The number of carbonyl (C=O) groups excluding carboxylic acids is 8. The first-order valence-electron chi connectivity index (χ1n) is 22.4. The Labute approximate surface area is 384 Å². The Morgan fingerprint density at radius 3 is 1.80 bits per heavy atom. The first kappa shape index (κ1) is 56.0. The maximum Gasteiger partial charge on any atom is 0.326 e. The second kappa shape index (κ2) is 26.7. The number of rotatable bonds is 28. The number of primary amides is 1. The third-order valence-electron chi connectivity index (χ3n) is 11.2. The summed E-state index contributed by atoms with van der Waals surface area (Å²) >= 11 is 0. The fourth-order valence-electron chi connectivity index (χ4n) is 7.24. The maximum atomic E-state index is 14.1. The normalized spacial score (nSPS) is 17.3. The highest BCUT2D eigenvalue weighted by Crippen LogP contribution is 2.21. The lowest BCUT2D eigenvalue weighted by Gasteiger charge is -2.31. The van der Waals surface area contributed by atoms with Crippen LogP contribution in [0.25, 0.3) is 0 Å². The molecule has 1 aliphatic heterocycles. The van der Waals surface area contributed by atoms with Gasteiger partial charge in [0, 0.05) is 25.6 Å². The van der Waals surface area contributed by atoms with Crippen LogP contribution in [0.1, 0.15) is 112 Å². The summed E-state index contributed by atoms with van der Waals surface area (Å²) < 4.78 is 0. The minimum Gasteiger partial charge on any atom is -0.481 e. The number of likely N-dealkylation sites (tertiary alicyclic amines) is 1. The van der Waals surface area contributed by atoms with Crippen LogP contribution in [0.15, 0.2) is 12.5 Å². The third kappa shape index (κ3) is 18.0. The van der Waals surface area contributed by atoms with Crippen LogP contribution in [0.5, 0.6) is 0 Å². The molecule has 0 aromatic carbocycles. The molecule has 0 bridgehead atoms. The van der Waals surface area contributed by atoms with Gasteiger partial charge in [-0.15, -0.1) is 0 Å². The average Bonchev–Trinajstić information content (AvgIpc) is 3.94. The van der Waals surface area contributed by atoms with Crippen molar-refractivity contribution in [2.45, 2.75) is 162 Å². The number of amides is 8. The number of H-pyrrole nitrogens is 1. The van der Waals surface area contributed by atoms with Gasteiger partial charge in [-0.2, -0.15) is 0 Å². The minimum absolute atomic E-state index is 0.0144. The van der Waals surface area contributed by atoms with Crippen LogP contribution >= 0.6 is 0 Å². The van der Waals surface area contributed by atoms with Crippen molar-refractivity contribution in [1.82, 2.24) is 46.8 Å². The van der Waals surface area contributed by atoms with E-state index in [1.165, 1.54) is 17.4 Å². The molecule has 9 atom stereocenters. The van der Waals surface area contributed by atoms with E-state index in [4.69, 9.17) is 11.5 Å². The number of aromatic amines is 1. The van der Waals surface area contributed by atoms with E-state index in [2.05, 4.69) is 41.9 Å². The molecule has 0 spiro atoms. The lowest BCUT2D eigenvalue weighted by atomic mass is 9.95. The van der Waals surface area contributed by atoms with Crippen LogP contribution < -0.4 is 43.4 Å². The van der Waals surface area contributed by atoms with Crippen molar-refractivity contribution in [3.05, 3.63) is 18.2 Å². The van der Waals surface area contributed by atoms with Crippen LogP contribution in [0.3, 0.4) is 0 Å². The number of nitrogens with zero attached hydrogens (tertiary/aromatic N) is 2. The number of nitrogens with one attached hydrogen (secondary N) is 7. The highest BCUT2D eigenvalue weighted by molar-refractivity contribution is 5.98. The van der Waals surface area contributed by atoms with Crippen LogP contribution in [0.2, 0.25) is 0 Å². The van der Waals surface area contributed by atoms with Gasteiger partial charge in [0.25, 0.3) is 0 Å². The van der Waals surface area contributed by atoms with Crippen LogP contribution in [0.4, 0.5) is 0 Å². The van der Waals surface area contributed by atoms with Gasteiger partial charge in [0.1, 0.15) is 42.3 Å². The van der Waals surface area contributed by atoms with Gasteiger partial charge in [0.15, 0.2) is 0 Å². The molecule has 0 radical (unpaired) electrons. The lowest BCUT2D eigenvalue weighted by Crippen LogP contribution is -2.61. The number of hydrogen-bond donors (Lipinski definition) is 11. The van der Waals surface area contributed by atoms with Crippen molar-refractivity contribution in [2.24, 2.45) is 35.1 Å². The molecule has 23 heteroatoms. The molecule has 0 saturated carbocycles. The molecular formula is C43H71N11O12. The van der Waals surface area contributed by atoms with Crippen LogP contribution in [-0.4, -0.2) is 139 Å². The van der Waals surface area contributed by atoms with E-state index in [9.17, 15) is 58.2 Å². The molecule has 2 heterocycles. The summed E-state index contributed by atoms with van der Waals surface area (Å²) in [5, 5.41) is 34.6. The minimum atomic E-state index is -1.84. The largest absolute Gasteiger partial charge is 0.481 e. The van der Waals surface area contributed by atoms with Gasteiger partial charge in [-0.05, 0) is 55.8 Å². The molecule has 1 aromatic heterocycles. The van der Waals surface area contributed by atoms with Crippen molar-refractivity contribution in [1.29, 1.82) is 0 Å². The number of carboxylic acid groups (broad SMARTS) is 2. The Hall–Kier alpha value is -6.13. The second-order valence-electron chi connectivity index (χ2n) is 18.1. The summed E-state index contributed by atoms with van der Waals surface area (Å²) in [6.07, 6.45) is 2.09. The standard InChI is InChI=1S/C43H71N11O12/c1-9-24(8)35(53-39(61)28(16-22(4)5)50-40(62)31-11-10-14-54(31)42(64)34(45)23(6)7)41(63)51-27(15-21(2)3)37(59)49-29(18-33(56)57)38(60)48-26(12-13-32(44)55)36(58)52-30(43(65)66)17-25-19-46-20-47-25/h19-24,26-31,34-35H,9-18,45H2,1-8H3,(H2,44,55)(H,46,47)(H,48,60)(H,49,59)(H,50,62)(H,51,63)(H,52,58)(H,53,61)(H,56,57)(H,65,66)/t24-,26-,27-,28-,29-,30-,31-,34-,35-/m0/s1. The quantitative estimate of drug-likeness (QED) is 0.0470. The van der Waals surface area contributed by atoms with Crippen molar-refractivity contribution >= 4 is 59.2 Å². The first-order chi connectivity index (χ1) is 30.9. The molecule has 8 amide bonds. The van der Waals surface area contributed by atoms with E-state index in [1.54, 1.807) is 41.5 Å². The number of carbonyl (C=O) groups is 10. The fourth-order valence-corrected chi connectivity index (χ4v) is 7.24. The Kier molecular flexibility index (Phi) is 22.7. The highest BCUT2D eigenvalue weighted by atomic mass is 16.4. The summed E-state index contributed by atoms with van der Waals surface area (Å²) in [6, 6.07) is -10.4. The van der Waals surface area contributed by atoms with Crippen molar-refractivity contribution in [3.63, 3.8) is 0 Å². The van der Waals surface area contributed by atoms with Gasteiger partial charge >= 0.3 is 11.9 Å². The molecule has 13 N–H and O–H groups in total. The Balaban J connectivity index is 2.34. The summed E-state index contributed by atoms with van der Waals surface area (Å²) in [5.74, 6) is -10.4. The summed E-state index contributed by atoms with van der Waals surface area (Å²) in [4.78, 5) is 140. The number of carboxylic acids is 2. The summed E-state index contributed by atoms with van der Waals surface area (Å²) in [7, 11) is 0. The Morgan fingerprint density at radius 2 is 1.29 bits per heavy atom. The molecule has 1 fully saturated rings. The maximum absolute atomic E-state index is 14.1. The molecule has 370 valence electrons. The van der Waals surface area contributed by atoms with Gasteiger partial charge in [-0.1, -0.05) is 61.8 Å². The van der Waals surface area contributed by atoms with Crippen LogP contribution in [0, 0.1) is 23.7 Å². The number of aliphatic carboxylic acids is 2. The van der Waals surface area contributed by atoms with E-state index in [-0.39, 0.29) is 42.9 Å². The van der Waals surface area contributed by atoms with Crippen LogP contribution in [-0.2, 0) is 54.4 Å². The topological polar surface area (TPSA) is 367 Å². The average molecular weight is 934 g/mol. The van der Waals surface area contributed by atoms with Gasteiger partial charge < -0.3 is 63.5 Å². The van der Waals surface area contributed by atoms with Gasteiger partial charge in [-0.25, -0.2) is 9.78 Å². The third-order valence-corrected chi connectivity index (χ3v) is 11.2. The van der Waals surface area contributed by atoms with Crippen molar-refractivity contribution < 1.29 is 58.2 Å². The van der Waals surface area contributed by atoms with Gasteiger partial charge in [0.05, 0.1) is 24.5 Å². The fraction of sp³-hybridized carbons (Fsp3) is 0.698. The molecule has 0 unspecified atom stereocenters. The predicted octanol–water partition coefficient (Wildman–Crippen LogP) is -1.20.